The number of halogens is 3. The number of amides is 1. The van der Waals surface area contributed by atoms with Crippen LogP contribution in [0.3, 0.4) is 0 Å². The third-order valence-corrected chi connectivity index (χ3v) is 5.19. The van der Waals surface area contributed by atoms with Crippen LogP contribution in [0.15, 0.2) is 47.4 Å². The van der Waals surface area contributed by atoms with Gasteiger partial charge in [-0.25, -0.2) is 5.06 Å². The minimum atomic E-state index is -4.58. The summed E-state index contributed by atoms with van der Waals surface area (Å²) in [4.78, 5) is 24.1. The first-order valence-electron chi connectivity index (χ1n) is 8.96. The van der Waals surface area contributed by atoms with Crippen LogP contribution in [-0.2, 0) is 11.0 Å². The van der Waals surface area contributed by atoms with E-state index >= 15 is 0 Å². The molecule has 1 aromatic carbocycles. The van der Waals surface area contributed by atoms with Crippen LogP contribution in [0.1, 0.15) is 37.9 Å². The van der Waals surface area contributed by atoms with Crippen molar-refractivity contribution < 1.29 is 27.9 Å². The van der Waals surface area contributed by atoms with Crippen LogP contribution in [0, 0.1) is 5.92 Å². The molecule has 2 atom stereocenters. The molecule has 1 amide bonds. The van der Waals surface area contributed by atoms with Gasteiger partial charge in [-0.05, 0) is 38.1 Å². The van der Waals surface area contributed by atoms with E-state index in [4.69, 9.17) is 4.74 Å². The Morgan fingerprint density at radius 1 is 1.28 bits per heavy atom. The number of fused-ring (bicyclic) bond motifs is 1. The number of alkyl halides is 3. The van der Waals surface area contributed by atoms with Crippen LogP contribution in [-0.4, -0.2) is 32.9 Å². The summed E-state index contributed by atoms with van der Waals surface area (Å²) in [6.07, 6.45) is -3.10. The lowest BCUT2D eigenvalue weighted by Crippen LogP contribution is -2.52. The van der Waals surface area contributed by atoms with E-state index in [-0.39, 0.29) is 17.9 Å². The van der Waals surface area contributed by atoms with Crippen molar-refractivity contribution in [1.29, 1.82) is 0 Å². The lowest BCUT2D eigenvalue weighted by molar-refractivity contribution is -0.171. The van der Waals surface area contributed by atoms with Crippen LogP contribution < -0.4 is 10.3 Å². The predicted octanol–water partition coefficient (Wildman–Crippen LogP) is 3.48. The molecule has 0 saturated carbocycles. The molecule has 6 nitrogen and oxygen atoms in total. The predicted molar refractivity (Wildman–Crippen MR) is 97.7 cm³/mol. The molecular weight excluding hydrogens is 389 g/mol. The van der Waals surface area contributed by atoms with Gasteiger partial charge in [-0.3, -0.25) is 14.8 Å². The van der Waals surface area contributed by atoms with Crippen molar-refractivity contribution in [3.63, 3.8) is 0 Å². The molecule has 0 spiro atoms. The Morgan fingerprint density at radius 3 is 2.55 bits per heavy atom. The molecule has 0 bridgehead atoms. The van der Waals surface area contributed by atoms with Gasteiger partial charge in [0.15, 0.2) is 0 Å². The van der Waals surface area contributed by atoms with Gasteiger partial charge in [0.1, 0.15) is 11.4 Å². The summed E-state index contributed by atoms with van der Waals surface area (Å²) in [7, 11) is 0. The van der Waals surface area contributed by atoms with Gasteiger partial charge in [-0.2, -0.15) is 13.2 Å². The zero-order valence-corrected chi connectivity index (χ0v) is 16.1. The second kappa shape index (κ2) is 7.22. The fraction of sp³-hybridized carbons (Fsp3) is 0.400. The van der Waals surface area contributed by atoms with Crippen molar-refractivity contribution in [3.05, 3.63) is 64.1 Å². The number of carbonyl (C=O) groups is 1. The Labute approximate surface area is 165 Å². The zero-order chi connectivity index (χ0) is 21.6. The molecule has 0 fully saturated rings. The van der Waals surface area contributed by atoms with Gasteiger partial charge < -0.3 is 9.30 Å². The van der Waals surface area contributed by atoms with Crippen LogP contribution in [0.5, 0.6) is 5.75 Å². The molecule has 0 radical (unpaired) electrons. The van der Waals surface area contributed by atoms with Gasteiger partial charge in [0.25, 0.3) is 5.56 Å². The Bertz CT molecular complexity index is 984. The number of nitrogens with zero attached hydrogens (tertiary/aromatic N) is 2. The summed E-state index contributed by atoms with van der Waals surface area (Å²) in [6, 6.07) is 6.65. The molecule has 0 aliphatic carbocycles. The number of benzene rings is 1. The Morgan fingerprint density at radius 2 is 1.97 bits per heavy atom. The van der Waals surface area contributed by atoms with Crippen molar-refractivity contribution in [2.45, 2.75) is 38.6 Å². The minimum Gasteiger partial charge on any atom is -0.487 e. The highest BCUT2D eigenvalue weighted by atomic mass is 19.4. The van der Waals surface area contributed by atoms with Crippen molar-refractivity contribution in [3.8, 4) is 5.75 Å². The highest BCUT2D eigenvalue weighted by molar-refractivity contribution is 5.71. The summed E-state index contributed by atoms with van der Waals surface area (Å²) >= 11 is 0. The summed E-state index contributed by atoms with van der Waals surface area (Å²) in [5.74, 6) is -1.13. The first kappa shape index (κ1) is 20.9. The van der Waals surface area contributed by atoms with Crippen LogP contribution >= 0.6 is 0 Å². The molecule has 0 saturated heterocycles. The standard InChI is InChI=1S/C20H21F3N2O4/c1-12(26)25(28)11-15-18(24-9-5-4-6-17(24)27)14-10-13(20(21,22)23)7-8-16(14)29-19(15,2)3/h4-10,15,18,28H,11H2,1-3H3. The maximum Gasteiger partial charge on any atom is 0.416 e. The van der Waals surface area contributed by atoms with E-state index < -0.39 is 40.8 Å². The van der Waals surface area contributed by atoms with Gasteiger partial charge in [-0.15, -0.1) is 0 Å². The van der Waals surface area contributed by atoms with Crippen LogP contribution in [0.2, 0.25) is 0 Å². The number of rotatable bonds is 3. The summed E-state index contributed by atoms with van der Waals surface area (Å²) in [5, 5.41) is 10.5. The van der Waals surface area contributed by atoms with E-state index in [1.165, 1.54) is 29.0 Å². The molecule has 2 unspecified atom stereocenters. The third kappa shape index (κ3) is 4.00. The Balaban J connectivity index is 2.25. The quantitative estimate of drug-likeness (QED) is 0.621. The van der Waals surface area contributed by atoms with Crippen molar-refractivity contribution in [2.24, 2.45) is 5.92 Å². The smallest absolute Gasteiger partial charge is 0.416 e. The third-order valence-electron chi connectivity index (χ3n) is 5.19. The molecule has 1 aliphatic heterocycles. The maximum absolute atomic E-state index is 13.3. The summed E-state index contributed by atoms with van der Waals surface area (Å²) in [6.45, 7) is 4.33. The molecule has 1 N–H and O–H groups in total. The number of pyridine rings is 1. The molecule has 1 aromatic heterocycles. The van der Waals surface area contributed by atoms with Gasteiger partial charge in [-0.1, -0.05) is 6.07 Å². The topological polar surface area (TPSA) is 71.8 Å². The number of aromatic nitrogens is 1. The molecule has 2 heterocycles. The van der Waals surface area contributed by atoms with Crippen LogP contribution in [0.4, 0.5) is 13.2 Å². The lowest BCUT2D eigenvalue weighted by atomic mass is 9.77. The normalized spacial score (nSPS) is 20.5. The number of hydrogen-bond donors (Lipinski definition) is 1. The average molecular weight is 410 g/mol. The van der Waals surface area contributed by atoms with Gasteiger partial charge in [0, 0.05) is 30.7 Å². The first-order valence-corrected chi connectivity index (χ1v) is 8.96. The fourth-order valence-corrected chi connectivity index (χ4v) is 3.65. The SMILES string of the molecule is CC(=O)N(O)CC1C(n2ccccc2=O)c2cc(C(F)(F)F)ccc2OC1(C)C. The van der Waals surface area contributed by atoms with E-state index in [0.29, 0.717) is 5.06 Å². The molecule has 2 aromatic rings. The summed E-state index contributed by atoms with van der Waals surface area (Å²) < 4.78 is 47.2. The second-order valence-electron chi connectivity index (χ2n) is 7.55. The largest absolute Gasteiger partial charge is 0.487 e. The minimum absolute atomic E-state index is 0.161. The number of ether oxygens (including phenoxy) is 1. The average Bonchev–Trinajstić information content (AvgIpc) is 2.61. The highest BCUT2D eigenvalue weighted by Crippen LogP contribution is 2.47. The van der Waals surface area contributed by atoms with Crippen LogP contribution in [0.25, 0.3) is 0 Å². The van der Waals surface area contributed by atoms with Gasteiger partial charge >= 0.3 is 6.18 Å². The molecule has 9 heteroatoms. The van der Waals surface area contributed by atoms with Crippen molar-refractivity contribution >= 4 is 5.91 Å². The number of carbonyl (C=O) groups excluding carboxylic acids is 1. The van der Waals surface area contributed by atoms with E-state index in [9.17, 15) is 28.0 Å². The molecule has 1 aliphatic rings. The molecule has 29 heavy (non-hydrogen) atoms. The van der Waals surface area contributed by atoms with Gasteiger partial charge in [0.2, 0.25) is 5.91 Å². The second-order valence-corrected chi connectivity index (χ2v) is 7.55. The summed E-state index contributed by atoms with van der Waals surface area (Å²) in [5.41, 5.74) is -2.13. The molecule has 3 rings (SSSR count). The van der Waals surface area contributed by atoms with Crippen molar-refractivity contribution in [1.82, 2.24) is 9.63 Å². The zero-order valence-electron chi connectivity index (χ0n) is 16.1. The number of hydrogen-bond acceptors (Lipinski definition) is 4. The Hall–Kier alpha value is -2.81. The van der Waals surface area contributed by atoms with E-state index in [2.05, 4.69) is 0 Å². The molecular formula is C20H21F3N2O4. The first-order chi connectivity index (χ1) is 13.4. The van der Waals surface area contributed by atoms with Crippen molar-refractivity contribution in [2.75, 3.05) is 6.54 Å². The number of hydroxylamine groups is 2. The monoisotopic (exact) mass is 410 g/mol. The molecule has 156 valence electrons. The lowest BCUT2D eigenvalue weighted by Gasteiger charge is -2.46. The maximum atomic E-state index is 13.3. The van der Waals surface area contributed by atoms with E-state index in [0.717, 1.165) is 19.1 Å². The Kier molecular flexibility index (Phi) is 5.20. The highest BCUT2D eigenvalue weighted by Gasteiger charge is 2.47. The fourth-order valence-electron chi connectivity index (χ4n) is 3.65. The van der Waals surface area contributed by atoms with E-state index in [1.807, 2.05) is 0 Å². The van der Waals surface area contributed by atoms with E-state index in [1.54, 1.807) is 19.9 Å². The van der Waals surface area contributed by atoms with Gasteiger partial charge in [0.05, 0.1) is 18.2 Å².